The van der Waals surface area contributed by atoms with E-state index in [0.29, 0.717) is 5.41 Å². The second-order valence-corrected chi connectivity index (χ2v) is 2.57. The minimum Gasteiger partial charge on any atom is -0.103 e. The van der Waals surface area contributed by atoms with Crippen LogP contribution in [0.25, 0.3) is 0 Å². The first-order valence-corrected chi connectivity index (χ1v) is 2.20. The minimum absolute atomic E-state index is 0. The standard InChI is InChI=1S/C6H12.6CH4.2Sn/c1-5-6(2,3)4;;;;;;;;/h5H,1H2,2-4H3;6*1H4;;. The van der Waals surface area contributed by atoms with E-state index >= 15 is 0 Å². The fourth-order valence-corrected chi connectivity index (χ4v) is 0. The molecule has 0 fully saturated rings. The van der Waals surface area contributed by atoms with Crippen molar-refractivity contribution in [3.8, 4) is 0 Å². The van der Waals surface area contributed by atoms with Crippen molar-refractivity contribution in [1.82, 2.24) is 0 Å². The van der Waals surface area contributed by atoms with Crippen molar-refractivity contribution in [2.24, 2.45) is 5.41 Å². The smallest absolute Gasteiger partial charge is 0 e. The second kappa shape index (κ2) is 36.7. The predicted octanol–water partition coefficient (Wildman–Crippen LogP) is 5.27. The molecule has 0 saturated heterocycles. The first kappa shape index (κ1) is 78.5. The maximum absolute atomic E-state index is 3.63. The second-order valence-electron chi connectivity index (χ2n) is 2.57. The van der Waals surface area contributed by atoms with Gasteiger partial charge in [-0.2, -0.15) is 0 Å². The van der Waals surface area contributed by atoms with Crippen molar-refractivity contribution in [2.45, 2.75) is 65.3 Å². The quantitative estimate of drug-likeness (QED) is 0.372. The zero-order valence-corrected chi connectivity index (χ0v) is 11.5. The average molecular weight is 418 g/mol. The van der Waals surface area contributed by atoms with Gasteiger partial charge in [-0.05, 0) is 5.41 Å². The Balaban J connectivity index is -0.00000000446. The molecule has 0 aliphatic carbocycles. The molecule has 2 heteroatoms. The molecule has 0 atom stereocenters. The van der Waals surface area contributed by atoms with E-state index in [4.69, 9.17) is 0 Å². The summed E-state index contributed by atoms with van der Waals surface area (Å²) in [5.41, 5.74) is 0.306. The van der Waals surface area contributed by atoms with Crippen LogP contribution < -0.4 is 0 Å². The van der Waals surface area contributed by atoms with Gasteiger partial charge in [0.1, 0.15) is 0 Å². The summed E-state index contributed by atoms with van der Waals surface area (Å²) in [6, 6.07) is 0. The Morgan fingerprint density at radius 2 is 0.786 bits per heavy atom. The molecule has 0 aromatic carbocycles. The topological polar surface area (TPSA) is 0 Å². The number of hydrogen-bond acceptors (Lipinski definition) is 0. The first-order valence-electron chi connectivity index (χ1n) is 2.20. The maximum atomic E-state index is 3.63. The number of rotatable bonds is 0. The summed E-state index contributed by atoms with van der Waals surface area (Å²) >= 11 is 0. The van der Waals surface area contributed by atoms with Gasteiger partial charge in [-0.25, -0.2) is 0 Å². The molecule has 0 rings (SSSR count). The average Bonchev–Trinajstić information content (AvgIpc) is 1.35. The molecule has 0 bridgehead atoms. The van der Waals surface area contributed by atoms with Crippen molar-refractivity contribution >= 4 is 47.8 Å². The Morgan fingerprint density at radius 3 is 0.786 bits per heavy atom. The van der Waals surface area contributed by atoms with Crippen LogP contribution in [0.3, 0.4) is 0 Å². The molecule has 0 aromatic rings. The van der Waals surface area contributed by atoms with Crippen molar-refractivity contribution in [1.29, 1.82) is 0 Å². The molecule has 0 heterocycles. The minimum atomic E-state index is 0. The summed E-state index contributed by atoms with van der Waals surface area (Å²) in [6.07, 6.45) is 1.94. The molecule has 0 saturated carbocycles. The first-order chi connectivity index (χ1) is 2.56. The largest absolute Gasteiger partial charge is 0.103 e. The molecule has 14 heavy (non-hydrogen) atoms. The molecular weight excluding hydrogens is 382 g/mol. The molecule has 0 nitrogen and oxygen atoms in total. The Kier molecular flexibility index (Phi) is 206. The summed E-state index contributed by atoms with van der Waals surface area (Å²) in [5.74, 6) is 0. The zero-order chi connectivity index (χ0) is 5.21. The van der Waals surface area contributed by atoms with Crippen LogP contribution in [0.4, 0.5) is 0 Å². The van der Waals surface area contributed by atoms with Gasteiger partial charge >= 0.3 is 0 Å². The van der Waals surface area contributed by atoms with E-state index in [9.17, 15) is 0 Å². The van der Waals surface area contributed by atoms with Crippen LogP contribution in [0.1, 0.15) is 65.3 Å². The molecule has 0 aromatic heterocycles. The van der Waals surface area contributed by atoms with Crippen LogP contribution in [0, 0.1) is 5.41 Å². The molecule has 0 amide bonds. The summed E-state index contributed by atoms with van der Waals surface area (Å²) in [5, 5.41) is 0. The molecule has 92 valence electrons. The van der Waals surface area contributed by atoms with Crippen molar-refractivity contribution in [3.63, 3.8) is 0 Å². The van der Waals surface area contributed by atoms with E-state index in [1.807, 2.05) is 6.08 Å². The summed E-state index contributed by atoms with van der Waals surface area (Å²) in [6.45, 7) is 10.0. The van der Waals surface area contributed by atoms with Crippen LogP contribution in [-0.2, 0) is 0 Å². The van der Waals surface area contributed by atoms with Gasteiger partial charge in [-0.3, -0.25) is 0 Å². The van der Waals surface area contributed by atoms with Gasteiger partial charge in [-0.1, -0.05) is 71.4 Å². The van der Waals surface area contributed by atoms with Gasteiger partial charge in [0.15, 0.2) is 0 Å². The fourth-order valence-electron chi connectivity index (χ4n) is 0. The third-order valence-corrected chi connectivity index (χ3v) is 0.612. The van der Waals surface area contributed by atoms with E-state index in [1.165, 1.54) is 0 Å². The van der Waals surface area contributed by atoms with Crippen molar-refractivity contribution in [2.75, 3.05) is 0 Å². The van der Waals surface area contributed by atoms with Gasteiger partial charge in [0.25, 0.3) is 0 Å². The summed E-state index contributed by atoms with van der Waals surface area (Å²) < 4.78 is 0. The predicted molar refractivity (Wildman–Crippen MR) is 81.5 cm³/mol. The van der Waals surface area contributed by atoms with Gasteiger partial charge < -0.3 is 0 Å². The van der Waals surface area contributed by atoms with E-state index in [1.54, 1.807) is 0 Å². The van der Waals surface area contributed by atoms with Gasteiger partial charge in [0.2, 0.25) is 0 Å². The van der Waals surface area contributed by atoms with Crippen LogP contribution in [-0.4, -0.2) is 47.8 Å². The van der Waals surface area contributed by atoms with Gasteiger partial charge in [-0.15, -0.1) is 6.58 Å². The zero-order valence-electron chi connectivity index (χ0n) is 5.78. The maximum Gasteiger partial charge on any atom is 0 e. The summed E-state index contributed by atoms with van der Waals surface area (Å²) in [7, 11) is 0. The molecule has 0 aliphatic heterocycles. The molecule has 0 N–H and O–H groups in total. The fraction of sp³-hybridized carbons (Fsp3) is 0.833. The van der Waals surface area contributed by atoms with E-state index < -0.39 is 0 Å². The van der Waals surface area contributed by atoms with E-state index in [0.717, 1.165) is 0 Å². The van der Waals surface area contributed by atoms with E-state index in [-0.39, 0.29) is 92.4 Å². The van der Waals surface area contributed by atoms with Crippen molar-refractivity contribution < 1.29 is 0 Å². The van der Waals surface area contributed by atoms with Crippen LogP contribution in [0.15, 0.2) is 12.7 Å². The molecular formula is C12H36Sn2. The van der Waals surface area contributed by atoms with Crippen LogP contribution >= 0.6 is 0 Å². The number of allylic oxidation sites excluding steroid dienone is 1. The van der Waals surface area contributed by atoms with Gasteiger partial charge in [0, 0.05) is 47.8 Å². The van der Waals surface area contributed by atoms with Crippen LogP contribution in [0.2, 0.25) is 0 Å². The third-order valence-electron chi connectivity index (χ3n) is 0.612. The Morgan fingerprint density at radius 1 is 0.714 bits per heavy atom. The van der Waals surface area contributed by atoms with Gasteiger partial charge in [0.05, 0.1) is 0 Å². The van der Waals surface area contributed by atoms with Crippen molar-refractivity contribution in [3.05, 3.63) is 12.7 Å². The third kappa shape index (κ3) is 108. The summed E-state index contributed by atoms with van der Waals surface area (Å²) in [4.78, 5) is 0. The molecule has 0 aliphatic rings. The Labute approximate surface area is 130 Å². The SMILES string of the molecule is C.C.C.C.C.C.C=CC(C)(C)C.[Sn].[Sn]. The van der Waals surface area contributed by atoms with E-state index in [2.05, 4.69) is 27.4 Å². The monoisotopic (exact) mass is 420 g/mol. The normalized spacial score (nSPS) is 4.79. The van der Waals surface area contributed by atoms with Crippen LogP contribution in [0.5, 0.6) is 0 Å². The molecule has 0 unspecified atom stereocenters. The Hall–Kier alpha value is 1.34. The Bertz CT molecular complexity index is 53.8. The number of hydrogen-bond donors (Lipinski definition) is 0. The molecule has 0 spiro atoms. The molecule has 8 radical (unpaired) electrons.